The summed E-state index contributed by atoms with van der Waals surface area (Å²) in [6.45, 7) is 0. The number of aromatic hydroxyl groups is 1. The molecule has 0 aliphatic carbocycles. The van der Waals surface area contributed by atoms with Crippen LogP contribution in [-0.4, -0.2) is 23.3 Å². The van der Waals surface area contributed by atoms with Crippen molar-refractivity contribution in [3.05, 3.63) is 21.9 Å². The number of carboxylic acid groups (broad SMARTS) is 1. The van der Waals surface area contributed by atoms with Crippen LogP contribution in [0.2, 0.25) is 0 Å². The van der Waals surface area contributed by atoms with E-state index in [4.69, 9.17) is 5.11 Å². The number of aromatic carboxylic acids is 1. The summed E-state index contributed by atoms with van der Waals surface area (Å²) in [6.07, 6.45) is 0. The highest BCUT2D eigenvalue weighted by molar-refractivity contribution is 9.10. The molecule has 76 valence electrons. The Morgan fingerprint density at radius 1 is 1.64 bits per heavy atom. The average molecular weight is 265 g/mol. The van der Waals surface area contributed by atoms with Crippen molar-refractivity contribution >= 4 is 21.9 Å². The normalized spacial score (nSPS) is 9.93. The Labute approximate surface area is 87.1 Å². The third-order valence-electron chi connectivity index (χ3n) is 1.59. The molecule has 0 aliphatic rings. The summed E-state index contributed by atoms with van der Waals surface area (Å²) < 4.78 is 17.4. The Balaban J connectivity index is 3.53. The molecule has 0 heterocycles. The number of halogens is 2. The maximum atomic E-state index is 13.1. The van der Waals surface area contributed by atoms with E-state index >= 15 is 0 Å². The fourth-order valence-corrected chi connectivity index (χ4v) is 1.42. The van der Waals surface area contributed by atoms with Crippen LogP contribution < -0.4 is 4.74 Å². The number of carboxylic acids is 1. The highest BCUT2D eigenvalue weighted by atomic mass is 79.9. The maximum Gasteiger partial charge on any atom is 0.340 e. The monoisotopic (exact) mass is 264 g/mol. The summed E-state index contributed by atoms with van der Waals surface area (Å²) in [5.74, 6) is -3.07. The zero-order valence-corrected chi connectivity index (χ0v) is 8.63. The van der Waals surface area contributed by atoms with E-state index in [0.29, 0.717) is 0 Å². The molecule has 0 fully saturated rings. The molecule has 2 N–H and O–H groups in total. The molecular formula is C8H6BrFO4. The Hall–Kier alpha value is -1.30. The molecule has 1 rings (SSSR count). The molecular weight excluding hydrogens is 259 g/mol. The maximum absolute atomic E-state index is 13.1. The van der Waals surface area contributed by atoms with Gasteiger partial charge in [0.25, 0.3) is 0 Å². The Bertz CT molecular complexity index is 391. The molecule has 0 aliphatic heterocycles. The van der Waals surface area contributed by atoms with Gasteiger partial charge in [0.1, 0.15) is 11.4 Å². The van der Waals surface area contributed by atoms with Gasteiger partial charge in [-0.15, -0.1) is 0 Å². The van der Waals surface area contributed by atoms with Gasteiger partial charge >= 0.3 is 5.97 Å². The Morgan fingerprint density at radius 2 is 2.21 bits per heavy atom. The molecule has 1 aromatic rings. The van der Waals surface area contributed by atoms with Gasteiger partial charge in [-0.25, -0.2) is 9.18 Å². The van der Waals surface area contributed by atoms with Gasteiger partial charge in [0, 0.05) is 6.07 Å². The lowest BCUT2D eigenvalue weighted by atomic mass is 10.2. The van der Waals surface area contributed by atoms with Crippen LogP contribution >= 0.6 is 15.9 Å². The predicted molar refractivity (Wildman–Crippen MR) is 49.3 cm³/mol. The summed E-state index contributed by atoms with van der Waals surface area (Å²) in [5.41, 5.74) is -0.554. The lowest BCUT2D eigenvalue weighted by Crippen LogP contribution is -2.01. The van der Waals surface area contributed by atoms with Crippen molar-refractivity contribution in [2.45, 2.75) is 0 Å². The number of rotatable bonds is 2. The highest BCUT2D eigenvalue weighted by Gasteiger charge is 2.21. The Kier molecular flexibility index (Phi) is 2.95. The molecule has 0 amide bonds. The second-order valence-corrected chi connectivity index (χ2v) is 3.20. The highest BCUT2D eigenvalue weighted by Crippen LogP contribution is 2.36. The third-order valence-corrected chi connectivity index (χ3v) is 2.37. The first-order chi connectivity index (χ1) is 6.49. The summed E-state index contributed by atoms with van der Waals surface area (Å²) in [7, 11) is 1.20. The van der Waals surface area contributed by atoms with Crippen LogP contribution in [-0.2, 0) is 0 Å². The molecule has 0 unspecified atom stereocenters. The van der Waals surface area contributed by atoms with Gasteiger partial charge in [-0.3, -0.25) is 0 Å². The molecule has 0 bridgehead atoms. The molecule has 14 heavy (non-hydrogen) atoms. The van der Waals surface area contributed by atoms with Gasteiger partial charge in [-0.1, -0.05) is 0 Å². The molecule has 0 atom stereocenters. The van der Waals surface area contributed by atoms with Crippen molar-refractivity contribution < 1.29 is 24.1 Å². The SMILES string of the molecule is COc1cc(F)c(Br)c(C(=O)O)c1O. The molecule has 0 saturated carbocycles. The van der Waals surface area contributed by atoms with E-state index in [2.05, 4.69) is 20.7 Å². The van der Waals surface area contributed by atoms with E-state index < -0.39 is 23.1 Å². The van der Waals surface area contributed by atoms with Gasteiger partial charge in [0.2, 0.25) is 0 Å². The molecule has 0 spiro atoms. The zero-order chi connectivity index (χ0) is 10.9. The van der Waals surface area contributed by atoms with Crippen LogP contribution in [0.4, 0.5) is 4.39 Å². The number of methoxy groups -OCH3 is 1. The summed E-state index contributed by atoms with van der Waals surface area (Å²) in [4.78, 5) is 10.7. The van der Waals surface area contributed by atoms with Crippen molar-refractivity contribution in [1.29, 1.82) is 0 Å². The average Bonchev–Trinajstić information content (AvgIpc) is 2.11. The van der Waals surface area contributed by atoms with Crippen LogP contribution in [0.1, 0.15) is 10.4 Å². The first kappa shape index (κ1) is 10.8. The number of ether oxygens (including phenoxy) is 1. The topological polar surface area (TPSA) is 66.8 Å². The lowest BCUT2D eigenvalue weighted by molar-refractivity contribution is 0.0691. The second-order valence-electron chi connectivity index (χ2n) is 2.40. The van der Waals surface area contributed by atoms with Crippen LogP contribution in [0, 0.1) is 5.82 Å². The van der Waals surface area contributed by atoms with Crippen molar-refractivity contribution in [2.75, 3.05) is 7.11 Å². The van der Waals surface area contributed by atoms with Gasteiger partial charge in [0.15, 0.2) is 11.5 Å². The fourth-order valence-electron chi connectivity index (χ4n) is 0.944. The van der Waals surface area contributed by atoms with Gasteiger partial charge in [-0.2, -0.15) is 0 Å². The number of hydrogen-bond donors (Lipinski definition) is 2. The molecule has 0 saturated heterocycles. The number of hydrogen-bond acceptors (Lipinski definition) is 3. The van der Waals surface area contributed by atoms with E-state index in [-0.39, 0.29) is 10.2 Å². The molecule has 4 nitrogen and oxygen atoms in total. The third kappa shape index (κ3) is 1.65. The van der Waals surface area contributed by atoms with Gasteiger partial charge in [0.05, 0.1) is 11.6 Å². The van der Waals surface area contributed by atoms with Gasteiger partial charge in [-0.05, 0) is 15.9 Å². The number of benzene rings is 1. The second kappa shape index (κ2) is 3.83. The molecule has 6 heteroatoms. The number of phenols is 1. The van der Waals surface area contributed by atoms with E-state index in [9.17, 15) is 14.3 Å². The summed E-state index contributed by atoms with van der Waals surface area (Å²) in [6, 6.07) is 0.895. The summed E-state index contributed by atoms with van der Waals surface area (Å²) in [5, 5.41) is 18.0. The number of carbonyl (C=O) groups is 1. The minimum Gasteiger partial charge on any atom is -0.504 e. The van der Waals surface area contributed by atoms with Gasteiger partial charge < -0.3 is 14.9 Å². The zero-order valence-electron chi connectivity index (χ0n) is 7.04. The molecule has 1 aromatic carbocycles. The van der Waals surface area contributed by atoms with E-state index in [1.807, 2.05) is 0 Å². The minimum absolute atomic E-state index is 0.219. The van der Waals surface area contributed by atoms with E-state index in [1.165, 1.54) is 7.11 Å². The Morgan fingerprint density at radius 3 is 2.64 bits per heavy atom. The standard InChI is InChI=1S/C8H6BrFO4/c1-14-4-2-3(10)6(9)5(7(4)11)8(12)13/h2,11H,1H3,(H,12,13). The van der Waals surface area contributed by atoms with E-state index in [0.717, 1.165) is 6.07 Å². The summed E-state index contributed by atoms with van der Waals surface area (Å²) >= 11 is 2.72. The van der Waals surface area contributed by atoms with Crippen molar-refractivity contribution in [2.24, 2.45) is 0 Å². The largest absolute Gasteiger partial charge is 0.504 e. The predicted octanol–water partition coefficient (Wildman–Crippen LogP) is 2.00. The van der Waals surface area contributed by atoms with Crippen LogP contribution in [0.15, 0.2) is 10.5 Å². The minimum atomic E-state index is -1.44. The first-order valence-corrected chi connectivity index (χ1v) is 4.26. The first-order valence-electron chi connectivity index (χ1n) is 3.47. The van der Waals surface area contributed by atoms with E-state index in [1.54, 1.807) is 0 Å². The smallest absolute Gasteiger partial charge is 0.340 e. The van der Waals surface area contributed by atoms with Crippen LogP contribution in [0.3, 0.4) is 0 Å². The van der Waals surface area contributed by atoms with Crippen molar-refractivity contribution in [3.63, 3.8) is 0 Å². The van der Waals surface area contributed by atoms with Crippen LogP contribution in [0.5, 0.6) is 11.5 Å². The van der Waals surface area contributed by atoms with Crippen molar-refractivity contribution in [3.8, 4) is 11.5 Å². The molecule has 0 aromatic heterocycles. The van der Waals surface area contributed by atoms with Crippen molar-refractivity contribution in [1.82, 2.24) is 0 Å². The molecule has 0 radical (unpaired) electrons. The fraction of sp³-hybridized carbons (Fsp3) is 0.125. The quantitative estimate of drug-likeness (QED) is 0.858. The lowest BCUT2D eigenvalue weighted by Gasteiger charge is -2.08. The van der Waals surface area contributed by atoms with Crippen LogP contribution in [0.25, 0.3) is 0 Å².